The first kappa shape index (κ1) is 31.3. The van der Waals surface area contributed by atoms with Crippen LogP contribution in [0.25, 0.3) is 5.57 Å². The second kappa shape index (κ2) is 13.7. The molecule has 5 rings (SSSR count). The summed E-state index contributed by atoms with van der Waals surface area (Å²) in [5.41, 5.74) is 12.3. The van der Waals surface area contributed by atoms with Crippen LogP contribution in [0.4, 0.5) is 0 Å². The molecule has 0 spiro atoms. The highest BCUT2D eigenvalue weighted by molar-refractivity contribution is 5.74. The van der Waals surface area contributed by atoms with Gasteiger partial charge in [-0.3, -0.25) is 9.78 Å². The van der Waals surface area contributed by atoms with Crippen LogP contribution in [0, 0.1) is 28.6 Å². The number of nitrogens with two attached hydrogens (primary N) is 2. The van der Waals surface area contributed by atoms with Crippen molar-refractivity contribution in [1.29, 1.82) is 0 Å². The van der Waals surface area contributed by atoms with E-state index in [1.54, 1.807) is 6.92 Å². The van der Waals surface area contributed by atoms with Crippen LogP contribution in [-0.4, -0.2) is 49.1 Å². The number of nitrogens with zero attached hydrogens (tertiary/aromatic N) is 2. The number of carbonyl (C=O) groups excluding carboxylic acids is 1. The largest absolute Gasteiger partial charge is 0.492 e. The molecular formula is C31H54N4O2. The van der Waals surface area contributed by atoms with Crippen molar-refractivity contribution in [3.63, 3.8) is 0 Å². The van der Waals surface area contributed by atoms with Crippen LogP contribution < -0.4 is 16.2 Å². The van der Waals surface area contributed by atoms with E-state index >= 15 is 0 Å². The Morgan fingerprint density at radius 1 is 1.08 bits per heavy atom. The fourth-order valence-electron chi connectivity index (χ4n) is 8.07. The predicted molar refractivity (Wildman–Crippen MR) is 155 cm³/mol. The molecule has 1 aromatic rings. The molecule has 0 radical (unpaired) electrons. The van der Waals surface area contributed by atoms with Crippen molar-refractivity contribution in [3.05, 3.63) is 30.1 Å². The van der Waals surface area contributed by atoms with Gasteiger partial charge in [-0.2, -0.15) is 0 Å². The Morgan fingerprint density at radius 2 is 1.78 bits per heavy atom. The van der Waals surface area contributed by atoms with Crippen LogP contribution in [0.1, 0.15) is 92.1 Å². The molecule has 1 aromatic heterocycles. The third-order valence-corrected chi connectivity index (χ3v) is 9.57. The molecule has 0 bridgehead atoms. The molecule has 6 atom stereocenters. The predicted octanol–water partition coefficient (Wildman–Crippen LogP) is 5.90. The third kappa shape index (κ3) is 5.75. The van der Waals surface area contributed by atoms with Gasteiger partial charge in [-0.25, -0.2) is 0 Å². The lowest BCUT2D eigenvalue weighted by Gasteiger charge is -2.57. The van der Waals surface area contributed by atoms with Crippen LogP contribution >= 0.6 is 0 Å². The van der Waals surface area contributed by atoms with Crippen molar-refractivity contribution in [2.24, 2.45) is 40.1 Å². The third-order valence-electron chi connectivity index (χ3n) is 9.57. The van der Waals surface area contributed by atoms with Crippen LogP contribution in [-0.2, 0) is 4.79 Å². The van der Waals surface area contributed by atoms with Gasteiger partial charge >= 0.3 is 0 Å². The van der Waals surface area contributed by atoms with E-state index in [1.807, 2.05) is 26.2 Å². The summed E-state index contributed by atoms with van der Waals surface area (Å²) in [5, 5.41) is 0. The Morgan fingerprint density at radius 3 is 2.43 bits per heavy atom. The van der Waals surface area contributed by atoms with Crippen molar-refractivity contribution < 1.29 is 9.53 Å². The monoisotopic (exact) mass is 514 g/mol. The lowest BCUT2D eigenvalue weighted by Crippen LogP contribution is -2.54. The van der Waals surface area contributed by atoms with Gasteiger partial charge in [0.05, 0.1) is 12.8 Å². The molecule has 4 aliphatic rings. The van der Waals surface area contributed by atoms with Crippen molar-refractivity contribution in [2.45, 2.75) is 92.5 Å². The van der Waals surface area contributed by atoms with E-state index in [-0.39, 0.29) is 11.3 Å². The van der Waals surface area contributed by atoms with Crippen LogP contribution in [0.15, 0.2) is 24.5 Å². The number of carbonyl (C=O) groups is 1. The molecule has 210 valence electrons. The molecule has 2 saturated carbocycles. The molecule has 1 aliphatic heterocycles. The Bertz CT molecular complexity index is 903. The van der Waals surface area contributed by atoms with Gasteiger partial charge in [0.25, 0.3) is 0 Å². The zero-order valence-corrected chi connectivity index (χ0v) is 24.8. The first-order valence-electron chi connectivity index (χ1n) is 14.6. The number of allylic oxidation sites excluding steroid dienone is 2. The summed E-state index contributed by atoms with van der Waals surface area (Å²) in [6.45, 7) is 14.6. The first-order valence-corrected chi connectivity index (χ1v) is 14.6. The van der Waals surface area contributed by atoms with Gasteiger partial charge in [-0.1, -0.05) is 40.7 Å². The fraction of sp³-hybridized carbons (Fsp3) is 0.742. The summed E-state index contributed by atoms with van der Waals surface area (Å²) in [7, 11) is 3.00. The average molecular weight is 515 g/mol. The second-order valence-electron chi connectivity index (χ2n) is 11.0. The summed E-state index contributed by atoms with van der Waals surface area (Å²) in [6.07, 6.45) is 14.7. The van der Waals surface area contributed by atoms with E-state index < -0.39 is 0 Å². The van der Waals surface area contributed by atoms with E-state index in [2.05, 4.69) is 54.3 Å². The summed E-state index contributed by atoms with van der Waals surface area (Å²) in [4.78, 5) is 18.9. The maximum atomic E-state index is 12.2. The lowest BCUT2D eigenvalue weighted by atomic mass is 9.48. The van der Waals surface area contributed by atoms with E-state index in [9.17, 15) is 4.79 Å². The zero-order valence-electron chi connectivity index (χ0n) is 24.8. The van der Waals surface area contributed by atoms with E-state index in [0.717, 1.165) is 37.2 Å². The minimum Gasteiger partial charge on any atom is -0.492 e. The molecule has 1 saturated heterocycles. The number of rotatable bonds is 4. The van der Waals surface area contributed by atoms with Gasteiger partial charge in [0.2, 0.25) is 5.91 Å². The van der Waals surface area contributed by atoms with Crippen LogP contribution in [0.3, 0.4) is 0 Å². The molecule has 3 aliphatic carbocycles. The van der Waals surface area contributed by atoms with E-state index in [1.165, 1.54) is 63.8 Å². The molecule has 2 heterocycles. The lowest BCUT2D eigenvalue weighted by molar-refractivity contribution is -0.134. The second-order valence-corrected chi connectivity index (χ2v) is 11.0. The number of hydrogen-bond acceptors (Lipinski definition) is 5. The number of hydrogen-bond donors (Lipinski definition) is 2. The Kier molecular flexibility index (Phi) is 11.6. The summed E-state index contributed by atoms with van der Waals surface area (Å²) < 4.78 is 5.88. The van der Waals surface area contributed by atoms with Gasteiger partial charge in [-0.05, 0) is 105 Å². The number of fused-ring (bicyclic) bond motifs is 5. The SMILES string of the molecule is CC.CCCOc1cncc(C2=CC[C@H]3C4CCC5N(C(C)=O)CCC5(C)C4CCC23C)c1.CN.CN. The Balaban J connectivity index is 0.000000750. The highest BCUT2D eigenvalue weighted by Gasteiger charge is 2.60. The maximum Gasteiger partial charge on any atom is 0.219 e. The van der Waals surface area contributed by atoms with Crippen molar-refractivity contribution in [3.8, 4) is 5.75 Å². The van der Waals surface area contributed by atoms with E-state index in [0.29, 0.717) is 17.4 Å². The Hall–Kier alpha value is -1.92. The van der Waals surface area contributed by atoms with Gasteiger partial charge in [0, 0.05) is 25.7 Å². The highest BCUT2D eigenvalue weighted by Crippen LogP contribution is 2.66. The molecular weight excluding hydrogens is 460 g/mol. The van der Waals surface area contributed by atoms with Crippen LogP contribution in [0.2, 0.25) is 0 Å². The molecule has 4 N–H and O–H groups in total. The zero-order chi connectivity index (χ0) is 27.8. The molecule has 6 nitrogen and oxygen atoms in total. The minimum absolute atomic E-state index is 0.230. The molecule has 37 heavy (non-hydrogen) atoms. The topological polar surface area (TPSA) is 94.5 Å². The first-order chi connectivity index (χ1) is 17.9. The highest BCUT2D eigenvalue weighted by atomic mass is 16.5. The molecule has 1 amide bonds. The van der Waals surface area contributed by atoms with Gasteiger partial charge < -0.3 is 21.1 Å². The fourth-order valence-corrected chi connectivity index (χ4v) is 8.07. The maximum absolute atomic E-state index is 12.2. The molecule has 5 unspecified atom stereocenters. The standard InChI is InChI=1S/C27H38N2O2.C2H6.2CH5N/c1-5-14-31-20-15-19(16-28-17-20)22-7-8-23-21-6-9-25-27(4,12-13-29(25)18(2)30)24(21)10-11-26(22,23)3;3*1-2/h7,15-17,21,23-25H,5-6,8-14H2,1-4H3;1-2H3;2*2H2,1H3/t21?,23-,24?,25?,26?,27?;;;/m0.../s1. The van der Waals surface area contributed by atoms with Gasteiger partial charge in [0.15, 0.2) is 0 Å². The number of amides is 1. The number of ether oxygens (including phenoxy) is 1. The average Bonchev–Trinajstić information content (AvgIpc) is 3.48. The summed E-state index contributed by atoms with van der Waals surface area (Å²) >= 11 is 0. The van der Waals surface area contributed by atoms with Crippen molar-refractivity contribution in [2.75, 3.05) is 27.2 Å². The molecule has 3 fully saturated rings. The van der Waals surface area contributed by atoms with Gasteiger partial charge in [-0.15, -0.1) is 0 Å². The Labute approximate surface area is 226 Å². The minimum atomic E-state index is 0.230. The molecule has 6 heteroatoms. The van der Waals surface area contributed by atoms with Crippen molar-refractivity contribution in [1.82, 2.24) is 9.88 Å². The number of pyridine rings is 1. The molecule has 0 aromatic carbocycles. The quantitative estimate of drug-likeness (QED) is 0.521. The summed E-state index contributed by atoms with van der Waals surface area (Å²) in [5.74, 6) is 3.40. The van der Waals surface area contributed by atoms with Gasteiger partial charge in [0.1, 0.15) is 5.75 Å². The normalized spacial score (nSPS) is 33.0. The van der Waals surface area contributed by atoms with Crippen LogP contribution in [0.5, 0.6) is 5.75 Å². The smallest absolute Gasteiger partial charge is 0.219 e. The number of aromatic nitrogens is 1. The summed E-state index contributed by atoms with van der Waals surface area (Å²) in [6, 6.07) is 2.66. The van der Waals surface area contributed by atoms with E-state index in [4.69, 9.17) is 4.74 Å². The van der Waals surface area contributed by atoms with Crippen molar-refractivity contribution >= 4 is 11.5 Å². The number of likely N-dealkylation sites (tertiary alicyclic amines) is 1.